The molecular weight excluding hydrogens is 180 g/mol. The van der Waals surface area contributed by atoms with E-state index in [4.69, 9.17) is 9.78 Å². The Balaban J connectivity index is 1.99. The quantitative estimate of drug-likeness (QED) is 0.713. The Labute approximate surface area is 82.3 Å². The van der Waals surface area contributed by atoms with Gasteiger partial charge in [-0.05, 0) is 0 Å². The minimum atomic E-state index is -0.0613. The van der Waals surface area contributed by atoms with Crippen molar-refractivity contribution in [2.45, 2.75) is 12.6 Å². The summed E-state index contributed by atoms with van der Waals surface area (Å²) in [5.41, 5.74) is 0. The van der Waals surface area contributed by atoms with E-state index in [1.54, 1.807) is 6.20 Å². The highest BCUT2D eigenvalue weighted by molar-refractivity contribution is 5.00. The first-order valence-electron chi connectivity index (χ1n) is 4.64. The number of rotatable bonds is 2. The van der Waals surface area contributed by atoms with Gasteiger partial charge in [0.25, 0.3) is 0 Å². The smallest absolute Gasteiger partial charge is 0.150 e. The molecule has 74 valence electrons. The van der Waals surface area contributed by atoms with Crippen LogP contribution in [-0.2, 0) is 6.54 Å². The summed E-state index contributed by atoms with van der Waals surface area (Å²) in [6, 6.07) is 4.04. The van der Waals surface area contributed by atoms with Crippen LogP contribution in [-0.4, -0.2) is 35.7 Å². The Morgan fingerprint density at radius 2 is 2.71 bits per heavy atom. The molecule has 1 atom stereocenters. The molecule has 1 unspecified atom stereocenters. The van der Waals surface area contributed by atoms with Crippen molar-refractivity contribution in [3.8, 4) is 6.07 Å². The lowest BCUT2D eigenvalue weighted by molar-refractivity contribution is 0.170. The summed E-state index contributed by atoms with van der Waals surface area (Å²) in [4.78, 5) is 2.09. The van der Waals surface area contributed by atoms with E-state index >= 15 is 0 Å². The standard InChI is InChI=1S/C9H12N4O/c10-5-8-6-11-3-4-13(8)7-9-1-2-12-14-9/h1-2,8,11H,3-4,6-7H2. The van der Waals surface area contributed by atoms with Crippen molar-refractivity contribution < 1.29 is 4.52 Å². The predicted octanol–water partition coefficient (Wildman–Crippen LogP) is -0.0280. The minimum absolute atomic E-state index is 0.0613. The summed E-state index contributed by atoms with van der Waals surface area (Å²) in [6.45, 7) is 3.19. The third kappa shape index (κ3) is 1.92. The van der Waals surface area contributed by atoms with Gasteiger partial charge in [0.1, 0.15) is 6.04 Å². The van der Waals surface area contributed by atoms with Crippen LogP contribution in [0.25, 0.3) is 0 Å². The Kier molecular flexibility index (Phi) is 2.77. The van der Waals surface area contributed by atoms with Gasteiger partial charge in [0, 0.05) is 25.7 Å². The minimum Gasteiger partial charge on any atom is -0.360 e. The van der Waals surface area contributed by atoms with Gasteiger partial charge in [-0.25, -0.2) is 0 Å². The number of hydrogen-bond donors (Lipinski definition) is 1. The molecule has 0 spiro atoms. The zero-order chi connectivity index (χ0) is 9.80. The van der Waals surface area contributed by atoms with Gasteiger partial charge >= 0.3 is 0 Å². The number of hydrogen-bond acceptors (Lipinski definition) is 5. The van der Waals surface area contributed by atoms with Crippen molar-refractivity contribution in [1.82, 2.24) is 15.4 Å². The highest BCUT2D eigenvalue weighted by Crippen LogP contribution is 2.08. The van der Waals surface area contributed by atoms with Crippen LogP contribution in [0.3, 0.4) is 0 Å². The number of nitriles is 1. The topological polar surface area (TPSA) is 65.1 Å². The Morgan fingerprint density at radius 1 is 1.79 bits per heavy atom. The lowest BCUT2D eigenvalue weighted by Crippen LogP contribution is -2.49. The second-order valence-electron chi connectivity index (χ2n) is 3.30. The third-order valence-electron chi connectivity index (χ3n) is 2.35. The summed E-state index contributed by atoms with van der Waals surface area (Å²) >= 11 is 0. The first kappa shape index (κ1) is 9.19. The number of nitrogens with one attached hydrogen (secondary N) is 1. The maximum absolute atomic E-state index is 8.91. The SMILES string of the molecule is N#CC1CNCCN1Cc1ccno1. The summed E-state index contributed by atoms with van der Waals surface area (Å²) < 4.78 is 5.01. The Bertz CT molecular complexity index is 316. The van der Waals surface area contributed by atoms with E-state index in [2.05, 4.69) is 21.4 Å². The number of piperazine rings is 1. The van der Waals surface area contributed by atoms with Gasteiger partial charge in [0.2, 0.25) is 0 Å². The fraction of sp³-hybridized carbons (Fsp3) is 0.556. The molecule has 14 heavy (non-hydrogen) atoms. The molecule has 0 saturated carbocycles. The van der Waals surface area contributed by atoms with E-state index in [9.17, 15) is 0 Å². The second-order valence-corrected chi connectivity index (χ2v) is 3.30. The molecule has 0 amide bonds. The van der Waals surface area contributed by atoms with Crippen LogP contribution in [0.15, 0.2) is 16.8 Å². The van der Waals surface area contributed by atoms with Crippen LogP contribution in [0.2, 0.25) is 0 Å². The van der Waals surface area contributed by atoms with Gasteiger partial charge < -0.3 is 9.84 Å². The average molecular weight is 192 g/mol. The van der Waals surface area contributed by atoms with E-state index in [0.29, 0.717) is 6.54 Å². The summed E-state index contributed by atoms with van der Waals surface area (Å²) in [5.74, 6) is 0.812. The van der Waals surface area contributed by atoms with Crippen LogP contribution in [0.1, 0.15) is 5.76 Å². The van der Waals surface area contributed by atoms with Gasteiger partial charge in [0.05, 0.1) is 18.8 Å². The molecule has 5 heteroatoms. The highest BCUT2D eigenvalue weighted by Gasteiger charge is 2.22. The monoisotopic (exact) mass is 192 g/mol. The van der Waals surface area contributed by atoms with Crippen LogP contribution in [0, 0.1) is 11.3 Å². The largest absolute Gasteiger partial charge is 0.360 e. The zero-order valence-electron chi connectivity index (χ0n) is 7.81. The number of nitrogens with zero attached hydrogens (tertiary/aromatic N) is 3. The van der Waals surface area contributed by atoms with Crippen LogP contribution < -0.4 is 5.32 Å². The van der Waals surface area contributed by atoms with Crippen molar-refractivity contribution in [2.24, 2.45) is 0 Å². The van der Waals surface area contributed by atoms with Crippen LogP contribution in [0.4, 0.5) is 0 Å². The molecule has 2 rings (SSSR count). The van der Waals surface area contributed by atoms with Crippen molar-refractivity contribution >= 4 is 0 Å². The van der Waals surface area contributed by atoms with Crippen LogP contribution in [0.5, 0.6) is 0 Å². The van der Waals surface area contributed by atoms with Crippen molar-refractivity contribution in [3.05, 3.63) is 18.0 Å². The number of aromatic nitrogens is 1. The Hall–Kier alpha value is -1.38. The highest BCUT2D eigenvalue weighted by atomic mass is 16.5. The van der Waals surface area contributed by atoms with Gasteiger partial charge in [0.15, 0.2) is 5.76 Å². The molecule has 0 bridgehead atoms. The molecule has 2 heterocycles. The molecule has 1 aromatic heterocycles. The van der Waals surface area contributed by atoms with Gasteiger partial charge in [-0.15, -0.1) is 0 Å². The molecule has 1 fully saturated rings. The van der Waals surface area contributed by atoms with Gasteiger partial charge in [-0.2, -0.15) is 5.26 Å². The van der Waals surface area contributed by atoms with E-state index < -0.39 is 0 Å². The molecule has 1 aliphatic heterocycles. The normalized spacial score (nSPS) is 23.2. The molecule has 1 aromatic rings. The van der Waals surface area contributed by atoms with E-state index in [1.807, 2.05) is 6.07 Å². The fourth-order valence-electron chi connectivity index (χ4n) is 1.59. The molecular formula is C9H12N4O. The maximum atomic E-state index is 8.91. The van der Waals surface area contributed by atoms with E-state index in [-0.39, 0.29) is 6.04 Å². The molecule has 0 radical (unpaired) electrons. The molecule has 0 aromatic carbocycles. The van der Waals surface area contributed by atoms with Crippen molar-refractivity contribution in [2.75, 3.05) is 19.6 Å². The Morgan fingerprint density at radius 3 is 3.43 bits per heavy atom. The zero-order valence-corrected chi connectivity index (χ0v) is 7.81. The van der Waals surface area contributed by atoms with Crippen LogP contribution >= 0.6 is 0 Å². The molecule has 1 aliphatic rings. The summed E-state index contributed by atoms with van der Waals surface area (Å²) in [5, 5.41) is 15.7. The van der Waals surface area contributed by atoms with Gasteiger partial charge in [-0.3, -0.25) is 4.90 Å². The first-order valence-corrected chi connectivity index (χ1v) is 4.64. The lowest BCUT2D eigenvalue weighted by Gasteiger charge is -2.30. The summed E-state index contributed by atoms with van der Waals surface area (Å²) in [7, 11) is 0. The fourth-order valence-corrected chi connectivity index (χ4v) is 1.59. The maximum Gasteiger partial charge on any atom is 0.150 e. The molecule has 1 N–H and O–H groups in total. The molecule has 0 aliphatic carbocycles. The average Bonchev–Trinajstić information content (AvgIpc) is 2.71. The molecule has 5 nitrogen and oxygen atoms in total. The first-order chi connectivity index (χ1) is 6.90. The summed E-state index contributed by atoms with van der Waals surface area (Å²) in [6.07, 6.45) is 1.62. The third-order valence-corrected chi connectivity index (χ3v) is 2.35. The molecule has 1 saturated heterocycles. The van der Waals surface area contributed by atoms with E-state index in [1.165, 1.54) is 0 Å². The predicted molar refractivity (Wildman–Crippen MR) is 49.2 cm³/mol. The lowest BCUT2D eigenvalue weighted by atomic mass is 10.2. The van der Waals surface area contributed by atoms with Crippen molar-refractivity contribution in [1.29, 1.82) is 5.26 Å². The van der Waals surface area contributed by atoms with Gasteiger partial charge in [-0.1, -0.05) is 5.16 Å². The van der Waals surface area contributed by atoms with E-state index in [0.717, 1.165) is 25.4 Å². The second kappa shape index (κ2) is 4.22. The van der Waals surface area contributed by atoms with Crippen molar-refractivity contribution in [3.63, 3.8) is 0 Å².